The van der Waals surface area contributed by atoms with Crippen LogP contribution >= 0.6 is 11.6 Å². The number of halogens is 3. The molecule has 5 nitrogen and oxygen atoms in total. The first-order chi connectivity index (χ1) is 10.4. The SMILES string of the molecule is N#Cc1c(F)ccc(NC(=O)O)c1Oc1cc(F)ccc1Cl. The van der Waals surface area contributed by atoms with Gasteiger partial charge in [0.1, 0.15) is 29.0 Å². The molecule has 22 heavy (non-hydrogen) atoms. The van der Waals surface area contributed by atoms with Gasteiger partial charge in [-0.2, -0.15) is 5.26 Å². The lowest BCUT2D eigenvalue weighted by atomic mass is 10.1. The first-order valence-electron chi connectivity index (χ1n) is 5.78. The molecule has 0 bridgehead atoms. The fourth-order valence-corrected chi connectivity index (χ4v) is 1.80. The molecule has 0 radical (unpaired) electrons. The van der Waals surface area contributed by atoms with E-state index in [1.165, 1.54) is 6.07 Å². The Morgan fingerprint density at radius 3 is 2.68 bits per heavy atom. The minimum atomic E-state index is -1.44. The molecule has 2 rings (SSSR count). The van der Waals surface area contributed by atoms with Gasteiger partial charge in [0.05, 0.1) is 10.7 Å². The summed E-state index contributed by atoms with van der Waals surface area (Å²) >= 11 is 5.83. The van der Waals surface area contributed by atoms with Crippen LogP contribution in [0.2, 0.25) is 5.02 Å². The number of benzene rings is 2. The first kappa shape index (κ1) is 15.5. The van der Waals surface area contributed by atoms with Crippen LogP contribution in [0.15, 0.2) is 30.3 Å². The van der Waals surface area contributed by atoms with Gasteiger partial charge in [-0.3, -0.25) is 5.32 Å². The van der Waals surface area contributed by atoms with E-state index in [1.807, 2.05) is 5.32 Å². The second-order valence-corrected chi connectivity index (χ2v) is 4.43. The highest BCUT2D eigenvalue weighted by Crippen LogP contribution is 2.37. The number of hydrogen-bond donors (Lipinski definition) is 2. The Hall–Kier alpha value is -2.85. The lowest BCUT2D eigenvalue weighted by Crippen LogP contribution is -2.09. The Morgan fingerprint density at radius 2 is 2.05 bits per heavy atom. The zero-order valence-electron chi connectivity index (χ0n) is 10.7. The van der Waals surface area contributed by atoms with Crippen molar-refractivity contribution in [3.05, 3.63) is 52.6 Å². The molecule has 0 aliphatic rings. The highest BCUT2D eigenvalue weighted by molar-refractivity contribution is 6.32. The van der Waals surface area contributed by atoms with Crippen LogP contribution in [-0.2, 0) is 0 Å². The second-order valence-electron chi connectivity index (χ2n) is 4.02. The summed E-state index contributed by atoms with van der Waals surface area (Å²) in [5.74, 6) is -2.17. The number of carbonyl (C=O) groups is 1. The van der Waals surface area contributed by atoms with Gasteiger partial charge in [0.25, 0.3) is 0 Å². The summed E-state index contributed by atoms with van der Waals surface area (Å²) < 4.78 is 32.2. The third-order valence-electron chi connectivity index (χ3n) is 2.57. The van der Waals surface area contributed by atoms with Crippen LogP contribution in [-0.4, -0.2) is 11.2 Å². The Morgan fingerprint density at radius 1 is 1.32 bits per heavy atom. The zero-order chi connectivity index (χ0) is 16.3. The predicted molar refractivity (Wildman–Crippen MR) is 74.2 cm³/mol. The van der Waals surface area contributed by atoms with Gasteiger partial charge in [0.2, 0.25) is 0 Å². The molecule has 1 amide bonds. The van der Waals surface area contributed by atoms with Gasteiger partial charge in [-0.05, 0) is 24.3 Å². The van der Waals surface area contributed by atoms with Crippen molar-refractivity contribution in [1.82, 2.24) is 0 Å². The molecule has 8 heteroatoms. The van der Waals surface area contributed by atoms with Crippen LogP contribution in [0.5, 0.6) is 11.5 Å². The molecular weight excluding hydrogens is 318 g/mol. The smallest absolute Gasteiger partial charge is 0.409 e. The molecule has 0 unspecified atom stereocenters. The van der Waals surface area contributed by atoms with Crippen molar-refractivity contribution in [3.63, 3.8) is 0 Å². The summed E-state index contributed by atoms with van der Waals surface area (Å²) in [6.45, 7) is 0. The molecule has 0 saturated carbocycles. The van der Waals surface area contributed by atoms with Crippen LogP contribution in [0.3, 0.4) is 0 Å². The predicted octanol–water partition coefficient (Wildman–Crippen LogP) is 4.37. The van der Waals surface area contributed by atoms with Gasteiger partial charge in [-0.25, -0.2) is 13.6 Å². The van der Waals surface area contributed by atoms with E-state index < -0.39 is 29.0 Å². The molecule has 2 aromatic rings. The number of carboxylic acid groups (broad SMARTS) is 1. The topological polar surface area (TPSA) is 82.4 Å². The highest BCUT2D eigenvalue weighted by atomic mass is 35.5. The maximum Gasteiger partial charge on any atom is 0.409 e. The molecule has 0 aromatic heterocycles. The number of rotatable bonds is 3. The number of nitrogens with zero attached hydrogens (tertiary/aromatic N) is 1. The number of nitrogens with one attached hydrogen (secondary N) is 1. The van der Waals surface area contributed by atoms with Gasteiger partial charge in [0, 0.05) is 6.07 Å². The number of anilines is 1. The molecule has 0 aliphatic carbocycles. The normalized spacial score (nSPS) is 9.91. The van der Waals surface area contributed by atoms with Crippen LogP contribution in [0, 0.1) is 23.0 Å². The van der Waals surface area contributed by atoms with E-state index >= 15 is 0 Å². The van der Waals surface area contributed by atoms with Crippen molar-refractivity contribution in [2.24, 2.45) is 0 Å². The van der Waals surface area contributed by atoms with Crippen molar-refractivity contribution in [2.45, 2.75) is 0 Å². The number of ether oxygens (including phenoxy) is 1. The lowest BCUT2D eigenvalue weighted by molar-refractivity contribution is 0.209. The van der Waals surface area contributed by atoms with E-state index in [0.29, 0.717) is 0 Å². The van der Waals surface area contributed by atoms with Crippen molar-refractivity contribution in [1.29, 1.82) is 5.26 Å². The van der Waals surface area contributed by atoms with Gasteiger partial charge in [0.15, 0.2) is 5.75 Å². The molecule has 0 atom stereocenters. The minimum Gasteiger partial charge on any atom is -0.465 e. The minimum absolute atomic E-state index is 0.0100. The van der Waals surface area contributed by atoms with E-state index in [2.05, 4.69) is 0 Å². The van der Waals surface area contributed by atoms with Crippen LogP contribution in [0.25, 0.3) is 0 Å². The quantitative estimate of drug-likeness (QED) is 0.878. The number of amides is 1. The maximum atomic E-state index is 13.7. The number of hydrogen-bond acceptors (Lipinski definition) is 3. The average Bonchev–Trinajstić information content (AvgIpc) is 2.45. The van der Waals surface area contributed by atoms with Gasteiger partial charge < -0.3 is 9.84 Å². The Balaban J connectivity index is 2.57. The maximum absolute atomic E-state index is 13.7. The Kier molecular flexibility index (Phi) is 4.44. The fourth-order valence-electron chi connectivity index (χ4n) is 1.65. The van der Waals surface area contributed by atoms with Crippen molar-refractivity contribution >= 4 is 23.4 Å². The second kappa shape index (κ2) is 6.28. The van der Waals surface area contributed by atoms with Crippen molar-refractivity contribution in [3.8, 4) is 17.6 Å². The molecular formula is C14H7ClF2N2O3. The molecule has 0 saturated heterocycles. The van der Waals surface area contributed by atoms with Crippen LogP contribution in [0.1, 0.15) is 5.56 Å². The summed E-state index contributed by atoms with van der Waals surface area (Å²) in [7, 11) is 0. The van der Waals surface area contributed by atoms with E-state index in [4.69, 9.17) is 26.7 Å². The first-order valence-corrected chi connectivity index (χ1v) is 6.15. The molecule has 112 valence electrons. The third kappa shape index (κ3) is 3.24. The monoisotopic (exact) mass is 324 g/mol. The van der Waals surface area contributed by atoms with Crippen LogP contribution in [0.4, 0.5) is 19.3 Å². The fraction of sp³-hybridized carbons (Fsp3) is 0. The highest BCUT2D eigenvalue weighted by Gasteiger charge is 2.18. The molecule has 0 heterocycles. The van der Waals surface area contributed by atoms with Crippen molar-refractivity contribution in [2.75, 3.05) is 5.32 Å². The van der Waals surface area contributed by atoms with Gasteiger partial charge in [-0.1, -0.05) is 11.6 Å². The summed E-state index contributed by atoms with van der Waals surface area (Å²) in [6.07, 6.45) is -1.44. The van der Waals surface area contributed by atoms with Gasteiger partial charge in [-0.15, -0.1) is 0 Å². The molecule has 0 spiro atoms. The molecule has 2 aromatic carbocycles. The standard InChI is InChI=1S/C14H7ClF2N2O3/c15-9-2-1-7(16)5-12(9)22-13-8(6-18)10(17)3-4-11(13)19-14(20)21/h1-5,19H,(H,20,21). The summed E-state index contributed by atoms with van der Waals surface area (Å²) in [6, 6.07) is 6.77. The summed E-state index contributed by atoms with van der Waals surface area (Å²) in [4.78, 5) is 10.7. The molecule has 0 fully saturated rings. The van der Waals surface area contributed by atoms with Gasteiger partial charge >= 0.3 is 6.09 Å². The Bertz CT molecular complexity index is 790. The zero-order valence-corrected chi connectivity index (χ0v) is 11.5. The largest absolute Gasteiger partial charge is 0.465 e. The van der Waals surface area contributed by atoms with Crippen LogP contribution < -0.4 is 10.1 Å². The number of nitriles is 1. The third-order valence-corrected chi connectivity index (χ3v) is 2.88. The lowest BCUT2D eigenvalue weighted by Gasteiger charge is -2.14. The molecule has 2 N–H and O–H groups in total. The van der Waals surface area contributed by atoms with E-state index in [0.717, 1.165) is 24.3 Å². The van der Waals surface area contributed by atoms with E-state index in [1.54, 1.807) is 6.07 Å². The Labute approximate surface area is 128 Å². The molecule has 0 aliphatic heterocycles. The summed E-state index contributed by atoms with van der Waals surface area (Å²) in [5, 5.41) is 19.7. The van der Waals surface area contributed by atoms with Crippen molar-refractivity contribution < 1.29 is 23.4 Å². The average molecular weight is 325 g/mol. The summed E-state index contributed by atoms with van der Waals surface area (Å²) in [5.41, 5.74) is -0.711. The van der Waals surface area contributed by atoms with E-state index in [9.17, 15) is 13.6 Å². The van der Waals surface area contributed by atoms with E-state index in [-0.39, 0.29) is 16.5 Å².